The first kappa shape index (κ1) is 24.9. The summed E-state index contributed by atoms with van der Waals surface area (Å²) in [6.45, 7) is 9.73. The molecule has 0 atom stereocenters. The van der Waals surface area contributed by atoms with Crippen molar-refractivity contribution in [1.29, 1.82) is 0 Å². The van der Waals surface area contributed by atoms with Gasteiger partial charge in [-0.15, -0.1) is 0 Å². The number of hydrogen-bond acceptors (Lipinski definition) is 0. The van der Waals surface area contributed by atoms with Gasteiger partial charge in [-0.2, -0.15) is 0 Å². The van der Waals surface area contributed by atoms with Gasteiger partial charge in [0.2, 0.25) is 0 Å². The molecule has 0 unspecified atom stereocenters. The van der Waals surface area contributed by atoms with Gasteiger partial charge in [0.15, 0.2) is 0 Å². The zero-order chi connectivity index (χ0) is 18.2. The first-order valence-electron chi connectivity index (χ1n) is 11.1. The first-order chi connectivity index (χ1) is 11.4. The molecule has 0 amide bonds. The van der Waals surface area contributed by atoms with Crippen molar-refractivity contribution in [2.75, 3.05) is 25.7 Å². The van der Waals surface area contributed by atoms with Crippen LogP contribution < -0.4 is 0 Å². The Hall–Kier alpha value is 0.910. The number of rotatable bonds is 18. The first-order valence-corrected chi connectivity index (χ1v) is 16.6. The molecular formula is C22H48BrP. The molecule has 148 valence electrons. The molecule has 0 saturated carbocycles. The fraction of sp³-hybridized carbons (Fsp3) is 1.00. The molecule has 0 aliphatic rings. The molecule has 24 heavy (non-hydrogen) atoms. The Morgan fingerprint density at radius 1 is 0.458 bits per heavy atom. The fourth-order valence-corrected chi connectivity index (χ4v) is 7.71. The summed E-state index contributed by atoms with van der Waals surface area (Å²) in [5, 5.41) is -1.52. The standard InChI is InChI=1S/C22H48BrP/c1-5-7-9-11-13-15-17-19-21-24(3,4,23)22-20-18-16-14-12-10-8-6-2/h5-22H2,1-4H3. The van der Waals surface area contributed by atoms with Gasteiger partial charge < -0.3 is 0 Å². The van der Waals surface area contributed by atoms with Crippen LogP contribution in [0.3, 0.4) is 0 Å². The minimum atomic E-state index is -1.52. The Bertz CT molecular complexity index is 243. The Balaban J connectivity index is 3.56. The van der Waals surface area contributed by atoms with Gasteiger partial charge in [0.25, 0.3) is 0 Å². The predicted molar refractivity (Wildman–Crippen MR) is 123 cm³/mol. The second-order valence-electron chi connectivity index (χ2n) is 8.91. The van der Waals surface area contributed by atoms with Crippen molar-refractivity contribution in [3.05, 3.63) is 0 Å². The van der Waals surface area contributed by atoms with Crippen LogP contribution in [0.4, 0.5) is 0 Å². The van der Waals surface area contributed by atoms with E-state index in [1.807, 2.05) is 0 Å². The molecule has 0 spiro atoms. The summed E-state index contributed by atoms with van der Waals surface area (Å²) in [4.78, 5) is 0. The topological polar surface area (TPSA) is 0 Å². The van der Waals surface area contributed by atoms with E-state index in [1.165, 1.54) is 115 Å². The van der Waals surface area contributed by atoms with Crippen LogP contribution in [0.15, 0.2) is 0 Å². The number of hydrogen-bond donors (Lipinski definition) is 0. The summed E-state index contributed by atoms with van der Waals surface area (Å²) < 4.78 is 0. The van der Waals surface area contributed by atoms with Gasteiger partial charge >= 0.3 is 163 Å². The zero-order valence-corrected chi connectivity index (χ0v) is 20.0. The molecule has 0 heterocycles. The average Bonchev–Trinajstić information content (AvgIpc) is 2.52. The molecule has 0 bridgehead atoms. The molecule has 2 heteroatoms. The van der Waals surface area contributed by atoms with Crippen molar-refractivity contribution in [2.24, 2.45) is 0 Å². The van der Waals surface area contributed by atoms with Crippen LogP contribution >= 0.6 is 20.8 Å². The summed E-state index contributed by atoms with van der Waals surface area (Å²) in [6.07, 6.45) is 26.0. The van der Waals surface area contributed by atoms with Crippen molar-refractivity contribution in [3.63, 3.8) is 0 Å². The molecule has 0 radical (unpaired) electrons. The summed E-state index contributed by atoms with van der Waals surface area (Å²) >= 11 is 4.22. The van der Waals surface area contributed by atoms with Gasteiger partial charge in [0.05, 0.1) is 0 Å². The van der Waals surface area contributed by atoms with Crippen LogP contribution in [-0.2, 0) is 0 Å². The van der Waals surface area contributed by atoms with Gasteiger partial charge in [-0.1, -0.05) is 0 Å². The van der Waals surface area contributed by atoms with E-state index in [2.05, 4.69) is 42.7 Å². The molecule has 0 aromatic carbocycles. The van der Waals surface area contributed by atoms with Crippen LogP contribution in [0.1, 0.15) is 117 Å². The van der Waals surface area contributed by atoms with Crippen LogP contribution in [0.5, 0.6) is 0 Å². The predicted octanol–water partition coefficient (Wildman–Crippen LogP) is 9.39. The second-order valence-corrected chi connectivity index (χ2v) is 22.1. The van der Waals surface area contributed by atoms with Gasteiger partial charge in [-0.05, 0) is 0 Å². The van der Waals surface area contributed by atoms with Crippen molar-refractivity contribution < 1.29 is 0 Å². The monoisotopic (exact) mass is 422 g/mol. The molecule has 0 nitrogen and oxygen atoms in total. The van der Waals surface area contributed by atoms with E-state index in [0.29, 0.717) is 0 Å². The molecule has 0 aliphatic carbocycles. The van der Waals surface area contributed by atoms with E-state index in [0.717, 1.165) is 0 Å². The van der Waals surface area contributed by atoms with E-state index in [-0.39, 0.29) is 0 Å². The molecule has 0 aliphatic heterocycles. The second kappa shape index (κ2) is 15.0. The fourth-order valence-electron chi connectivity index (χ4n) is 3.58. The number of halogens is 1. The SMILES string of the molecule is CCCCCCCCCCP(C)(C)(Br)CCCCCCCCCC. The van der Waals surface area contributed by atoms with Crippen molar-refractivity contribution in [2.45, 2.75) is 117 Å². The Morgan fingerprint density at radius 2 is 0.708 bits per heavy atom. The Kier molecular flexibility index (Phi) is 15.6. The van der Waals surface area contributed by atoms with E-state index in [4.69, 9.17) is 0 Å². The average molecular weight is 424 g/mol. The van der Waals surface area contributed by atoms with Crippen LogP contribution in [-0.4, -0.2) is 25.7 Å². The van der Waals surface area contributed by atoms with E-state index >= 15 is 0 Å². The summed E-state index contributed by atoms with van der Waals surface area (Å²) in [7, 11) is 0. The van der Waals surface area contributed by atoms with E-state index in [1.54, 1.807) is 0 Å². The quantitative estimate of drug-likeness (QED) is 0.152. The summed E-state index contributed by atoms with van der Waals surface area (Å²) in [5.74, 6) is 0. The third-order valence-corrected chi connectivity index (χ3v) is 10.9. The van der Waals surface area contributed by atoms with Gasteiger partial charge in [-0.3, -0.25) is 0 Å². The summed E-state index contributed by atoms with van der Waals surface area (Å²) in [5.41, 5.74) is 0. The van der Waals surface area contributed by atoms with E-state index in [9.17, 15) is 0 Å². The molecule has 0 aromatic heterocycles. The molecule has 0 aromatic rings. The van der Waals surface area contributed by atoms with Crippen LogP contribution in [0.2, 0.25) is 0 Å². The van der Waals surface area contributed by atoms with Crippen LogP contribution in [0.25, 0.3) is 0 Å². The van der Waals surface area contributed by atoms with Crippen LogP contribution in [0, 0.1) is 0 Å². The maximum absolute atomic E-state index is 4.22. The molecule has 0 fully saturated rings. The normalized spacial score (nSPS) is 13.8. The third-order valence-electron chi connectivity index (χ3n) is 5.40. The molecule has 0 saturated heterocycles. The minimum absolute atomic E-state index is 1.36. The molecular weight excluding hydrogens is 375 g/mol. The van der Waals surface area contributed by atoms with Gasteiger partial charge in [0, 0.05) is 0 Å². The van der Waals surface area contributed by atoms with Crippen molar-refractivity contribution in [3.8, 4) is 0 Å². The molecule has 0 rings (SSSR count). The molecule has 0 N–H and O–H groups in total. The zero-order valence-electron chi connectivity index (χ0n) is 17.6. The van der Waals surface area contributed by atoms with E-state index < -0.39 is 5.31 Å². The third kappa shape index (κ3) is 17.7. The Morgan fingerprint density at radius 3 is 1.00 bits per heavy atom. The Labute approximate surface area is 163 Å². The van der Waals surface area contributed by atoms with Crippen molar-refractivity contribution in [1.82, 2.24) is 0 Å². The maximum atomic E-state index is 4.22. The summed E-state index contributed by atoms with van der Waals surface area (Å²) in [6, 6.07) is 0. The van der Waals surface area contributed by atoms with Gasteiger partial charge in [-0.25, -0.2) is 0 Å². The van der Waals surface area contributed by atoms with Crippen molar-refractivity contribution >= 4 is 20.8 Å². The number of unbranched alkanes of at least 4 members (excludes halogenated alkanes) is 14. The van der Waals surface area contributed by atoms with Gasteiger partial charge in [0.1, 0.15) is 0 Å².